The Morgan fingerprint density at radius 1 is 1.25 bits per heavy atom. The fourth-order valence-electron chi connectivity index (χ4n) is 1.55. The van der Waals surface area contributed by atoms with Gasteiger partial charge in [0.25, 0.3) is 0 Å². The molecule has 0 bridgehead atoms. The van der Waals surface area contributed by atoms with Gasteiger partial charge in [-0.1, -0.05) is 42.1 Å². The Balaban J connectivity index is 2.31. The number of benzene rings is 1. The zero-order chi connectivity index (χ0) is 15.0. The molecule has 0 heterocycles. The van der Waals surface area contributed by atoms with Crippen molar-refractivity contribution in [3.63, 3.8) is 0 Å². The van der Waals surface area contributed by atoms with E-state index in [1.165, 1.54) is 11.8 Å². The highest BCUT2D eigenvalue weighted by Gasteiger charge is 2.21. The number of alkyl carbamates (subject to hydrolysis) is 1. The lowest BCUT2D eigenvalue weighted by Crippen LogP contribution is -2.44. The molecule has 1 amide bonds. The molecule has 0 spiro atoms. The van der Waals surface area contributed by atoms with Crippen molar-refractivity contribution in [1.82, 2.24) is 5.32 Å². The third kappa shape index (κ3) is 7.19. The number of rotatable bonds is 6. The van der Waals surface area contributed by atoms with E-state index in [1.54, 1.807) is 6.92 Å². The summed E-state index contributed by atoms with van der Waals surface area (Å²) in [6, 6.07) is 9.53. The molecule has 0 saturated carbocycles. The average Bonchev–Trinajstić information content (AvgIpc) is 2.36. The Hall–Kier alpha value is -1.49. The largest absolute Gasteiger partial charge is 0.445 e. The Kier molecular flexibility index (Phi) is 6.58. The summed E-state index contributed by atoms with van der Waals surface area (Å²) in [5.41, 5.74) is 0.559. The van der Waals surface area contributed by atoms with Crippen LogP contribution in [0.5, 0.6) is 0 Å². The van der Waals surface area contributed by atoms with Crippen LogP contribution in [-0.2, 0) is 16.1 Å². The maximum atomic E-state index is 11.7. The summed E-state index contributed by atoms with van der Waals surface area (Å²) in [7, 11) is 0. The van der Waals surface area contributed by atoms with Crippen molar-refractivity contribution >= 4 is 23.0 Å². The minimum absolute atomic E-state index is 0.0902. The van der Waals surface area contributed by atoms with Crippen LogP contribution < -0.4 is 5.32 Å². The maximum Gasteiger partial charge on any atom is 0.407 e. The van der Waals surface area contributed by atoms with Gasteiger partial charge in [-0.05, 0) is 25.8 Å². The van der Waals surface area contributed by atoms with Gasteiger partial charge in [0.2, 0.25) is 0 Å². The summed E-state index contributed by atoms with van der Waals surface area (Å²) < 4.78 is 5.17. The third-order valence-electron chi connectivity index (χ3n) is 2.69. The first-order valence-electron chi connectivity index (χ1n) is 6.51. The van der Waals surface area contributed by atoms with Gasteiger partial charge in [-0.2, -0.15) is 0 Å². The summed E-state index contributed by atoms with van der Waals surface area (Å²) >= 11 is 1.26. The lowest BCUT2D eigenvalue weighted by atomic mass is 10.0. The van der Waals surface area contributed by atoms with Gasteiger partial charge < -0.3 is 10.1 Å². The standard InChI is InChI=1S/C15H21NO3S/c1-12(17)20-10-9-15(2,3)16-14(18)19-11-13-7-5-4-6-8-13/h4-8H,9-11H2,1-3H3,(H,16,18). The quantitative estimate of drug-likeness (QED) is 0.874. The SMILES string of the molecule is CC(=O)SCCC(C)(C)NC(=O)OCc1ccccc1. The van der Waals surface area contributed by atoms with Crippen molar-refractivity contribution in [2.75, 3.05) is 5.75 Å². The highest BCUT2D eigenvalue weighted by molar-refractivity contribution is 8.13. The number of carbonyl (C=O) groups is 2. The second kappa shape index (κ2) is 7.94. The van der Waals surface area contributed by atoms with E-state index < -0.39 is 11.6 Å². The van der Waals surface area contributed by atoms with Crippen LogP contribution in [0.2, 0.25) is 0 Å². The molecule has 0 aliphatic heterocycles. The van der Waals surface area contributed by atoms with E-state index in [4.69, 9.17) is 4.74 Å². The fourth-order valence-corrected chi connectivity index (χ4v) is 2.45. The summed E-state index contributed by atoms with van der Waals surface area (Å²) in [6.07, 6.45) is 0.268. The van der Waals surface area contributed by atoms with Gasteiger partial charge in [0.05, 0.1) is 0 Å². The zero-order valence-corrected chi connectivity index (χ0v) is 13.0. The van der Waals surface area contributed by atoms with Crippen LogP contribution in [0.15, 0.2) is 30.3 Å². The van der Waals surface area contributed by atoms with Crippen LogP contribution in [0.1, 0.15) is 32.8 Å². The molecule has 0 aliphatic carbocycles. The number of amides is 1. The average molecular weight is 295 g/mol. The molecule has 0 unspecified atom stereocenters. The number of carbonyl (C=O) groups excluding carboxylic acids is 2. The molecule has 1 rings (SSSR count). The van der Waals surface area contributed by atoms with Gasteiger partial charge in [0, 0.05) is 18.2 Å². The van der Waals surface area contributed by atoms with E-state index in [1.807, 2.05) is 44.2 Å². The Bertz CT molecular complexity index is 446. The number of nitrogens with one attached hydrogen (secondary N) is 1. The van der Waals surface area contributed by atoms with Gasteiger partial charge in [-0.15, -0.1) is 0 Å². The molecule has 1 aromatic carbocycles. The Labute approximate surface area is 124 Å². The lowest BCUT2D eigenvalue weighted by Gasteiger charge is -2.25. The van der Waals surface area contributed by atoms with E-state index in [0.717, 1.165) is 5.56 Å². The molecule has 110 valence electrons. The molecule has 4 nitrogen and oxygen atoms in total. The molecule has 0 aliphatic rings. The normalized spacial score (nSPS) is 10.9. The predicted octanol–water partition coefficient (Wildman–Crippen LogP) is 3.36. The molecule has 0 radical (unpaired) electrons. The van der Waals surface area contributed by atoms with Gasteiger partial charge in [-0.25, -0.2) is 4.79 Å². The number of ether oxygens (including phenoxy) is 1. The topological polar surface area (TPSA) is 55.4 Å². The second-order valence-corrected chi connectivity index (χ2v) is 6.43. The zero-order valence-electron chi connectivity index (χ0n) is 12.1. The van der Waals surface area contributed by atoms with E-state index in [0.29, 0.717) is 12.2 Å². The van der Waals surface area contributed by atoms with Crippen LogP contribution in [0.4, 0.5) is 4.79 Å². The van der Waals surface area contributed by atoms with E-state index in [-0.39, 0.29) is 11.7 Å². The van der Waals surface area contributed by atoms with Crippen molar-refractivity contribution in [2.45, 2.75) is 39.3 Å². The molecule has 5 heteroatoms. The molecule has 0 saturated heterocycles. The van der Waals surface area contributed by atoms with Crippen LogP contribution in [-0.4, -0.2) is 22.5 Å². The monoisotopic (exact) mass is 295 g/mol. The number of hydrogen-bond donors (Lipinski definition) is 1. The van der Waals surface area contributed by atoms with Gasteiger partial charge in [-0.3, -0.25) is 4.79 Å². The van der Waals surface area contributed by atoms with Gasteiger partial charge in [0.15, 0.2) is 5.12 Å². The van der Waals surface area contributed by atoms with Crippen molar-refractivity contribution in [1.29, 1.82) is 0 Å². The number of thioether (sulfide) groups is 1. The first-order chi connectivity index (χ1) is 9.39. The fraction of sp³-hybridized carbons (Fsp3) is 0.467. The molecule has 0 atom stereocenters. The van der Waals surface area contributed by atoms with Crippen molar-refractivity contribution in [3.8, 4) is 0 Å². The molecule has 0 aromatic heterocycles. The van der Waals surface area contributed by atoms with Crippen LogP contribution in [0.25, 0.3) is 0 Å². The third-order valence-corrected chi connectivity index (χ3v) is 3.50. The van der Waals surface area contributed by atoms with Crippen LogP contribution in [0.3, 0.4) is 0 Å². The van der Waals surface area contributed by atoms with E-state index >= 15 is 0 Å². The second-order valence-electron chi connectivity index (χ2n) is 5.16. The highest BCUT2D eigenvalue weighted by Crippen LogP contribution is 2.14. The van der Waals surface area contributed by atoms with Crippen LogP contribution >= 0.6 is 11.8 Å². The molecular weight excluding hydrogens is 274 g/mol. The molecule has 20 heavy (non-hydrogen) atoms. The Morgan fingerprint density at radius 3 is 2.50 bits per heavy atom. The smallest absolute Gasteiger partial charge is 0.407 e. The maximum absolute atomic E-state index is 11.7. The minimum Gasteiger partial charge on any atom is -0.445 e. The van der Waals surface area contributed by atoms with Crippen molar-refractivity contribution < 1.29 is 14.3 Å². The summed E-state index contributed by atoms with van der Waals surface area (Å²) in [5, 5.41) is 2.90. The van der Waals surface area contributed by atoms with Crippen molar-refractivity contribution in [2.24, 2.45) is 0 Å². The van der Waals surface area contributed by atoms with E-state index in [2.05, 4.69) is 5.32 Å². The molecule has 1 N–H and O–H groups in total. The van der Waals surface area contributed by atoms with E-state index in [9.17, 15) is 9.59 Å². The minimum atomic E-state index is -0.438. The summed E-state index contributed by atoms with van der Waals surface area (Å²) in [6.45, 7) is 5.62. The first kappa shape index (κ1) is 16.6. The summed E-state index contributed by atoms with van der Waals surface area (Å²) in [4.78, 5) is 22.6. The molecular formula is C15H21NO3S. The lowest BCUT2D eigenvalue weighted by molar-refractivity contribution is -0.109. The predicted molar refractivity (Wildman–Crippen MR) is 81.6 cm³/mol. The molecule has 0 fully saturated rings. The van der Waals surface area contributed by atoms with Crippen molar-refractivity contribution in [3.05, 3.63) is 35.9 Å². The Morgan fingerprint density at radius 2 is 1.90 bits per heavy atom. The van der Waals surface area contributed by atoms with Crippen LogP contribution in [0, 0.1) is 0 Å². The summed E-state index contributed by atoms with van der Waals surface area (Å²) in [5.74, 6) is 0.682. The first-order valence-corrected chi connectivity index (χ1v) is 7.50. The molecule has 1 aromatic rings. The van der Waals surface area contributed by atoms with Gasteiger partial charge >= 0.3 is 6.09 Å². The highest BCUT2D eigenvalue weighted by atomic mass is 32.2. The number of hydrogen-bond acceptors (Lipinski definition) is 4. The van der Waals surface area contributed by atoms with Gasteiger partial charge in [0.1, 0.15) is 6.61 Å².